The van der Waals surface area contributed by atoms with Crippen LogP contribution in [-0.2, 0) is 14.8 Å². The Morgan fingerprint density at radius 3 is 2.72 bits per heavy atom. The quantitative estimate of drug-likeness (QED) is 0.635. The summed E-state index contributed by atoms with van der Waals surface area (Å²) in [5.41, 5.74) is -0.415. The fourth-order valence-corrected chi connectivity index (χ4v) is 4.11. The molecule has 0 fully saturated rings. The van der Waals surface area contributed by atoms with Gasteiger partial charge in [-0.3, -0.25) is 10.1 Å². The Hall–Kier alpha value is -0.740. The molecule has 1 N–H and O–H groups in total. The van der Waals surface area contributed by atoms with Crippen molar-refractivity contribution in [3.05, 3.63) is 20.5 Å². The fourth-order valence-electron chi connectivity index (χ4n) is 1.20. The van der Waals surface area contributed by atoms with Crippen LogP contribution in [0.15, 0.2) is 10.3 Å². The highest BCUT2D eigenvalue weighted by molar-refractivity contribution is 7.91. The molecule has 0 aliphatic rings. The Kier molecular flexibility index (Phi) is 5.05. The van der Waals surface area contributed by atoms with E-state index < -0.39 is 26.7 Å². The number of ether oxygens (including phenoxy) is 1. The molecule has 1 rings (SSSR count). The molecule has 7 nitrogen and oxygen atoms in total. The molecule has 0 aliphatic carbocycles. The highest BCUT2D eigenvalue weighted by atomic mass is 35.5. The second kappa shape index (κ2) is 5.93. The lowest BCUT2D eigenvalue weighted by Crippen LogP contribution is -2.35. The van der Waals surface area contributed by atoms with E-state index in [0.29, 0.717) is 11.3 Å². The van der Waals surface area contributed by atoms with Gasteiger partial charge in [-0.2, -0.15) is 0 Å². The summed E-state index contributed by atoms with van der Waals surface area (Å²) in [6.07, 6.45) is 0. The lowest BCUT2D eigenvalue weighted by Gasteiger charge is -2.11. The maximum atomic E-state index is 11.9. The summed E-state index contributed by atoms with van der Waals surface area (Å²) in [7, 11) is -2.38. The molecular weight excluding hydrogens is 304 g/mol. The number of sulfonamides is 1. The SMILES string of the molecule is COCC(C)NS(=O)(=O)c1cc([N+](=O)[O-])c(Cl)s1. The molecule has 1 aromatic heterocycles. The minimum Gasteiger partial charge on any atom is -0.383 e. The first-order valence-corrected chi connectivity index (χ1v) is 7.40. The number of hydrogen-bond acceptors (Lipinski definition) is 6. The van der Waals surface area contributed by atoms with Crippen molar-refractivity contribution in [1.82, 2.24) is 4.72 Å². The van der Waals surface area contributed by atoms with E-state index in [2.05, 4.69) is 4.72 Å². The predicted molar refractivity (Wildman–Crippen MR) is 67.6 cm³/mol. The highest BCUT2D eigenvalue weighted by Crippen LogP contribution is 2.36. The summed E-state index contributed by atoms with van der Waals surface area (Å²) in [6, 6.07) is 0.495. The van der Waals surface area contributed by atoms with Gasteiger partial charge >= 0.3 is 0 Å². The summed E-state index contributed by atoms with van der Waals surface area (Å²) >= 11 is 6.25. The molecular formula is C8H11ClN2O5S2. The lowest BCUT2D eigenvalue weighted by molar-refractivity contribution is -0.384. The minimum absolute atomic E-state index is 0.167. The van der Waals surface area contributed by atoms with Crippen LogP contribution >= 0.6 is 22.9 Å². The summed E-state index contributed by atoms with van der Waals surface area (Å²) in [5.74, 6) is 0. The van der Waals surface area contributed by atoms with Crippen LogP contribution in [0.2, 0.25) is 4.34 Å². The first-order valence-electron chi connectivity index (χ1n) is 4.73. The van der Waals surface area contributed by atoms with Crippen LogP contribution < -0.4 is 4.72 Å². The topological polar surface area (TPSA) is 98.5 Å². The molecule has 0 bridgehead atoms. The maximum Gasteiger partial charge on any atom is 0.300 e. The van der Waals surface area contributed by atoms with Gasteiger partial charge in [0.05, 0.1) is 11.5 Å². The molecule has 0 saturated carbocycles. The van der Waals surface area contributed by atoms with Crippen LogP contribution in [0.5, 0.6) is 0 Å². The average molecular weight is 315 g/mol. The van der Waals surface area contributed by atoms with E-state index in [0.717, 1.165) is 6.07 Å². The molecule has 10 heteroatoms. The van der Waals surface area contributed by atoms with Gasteiger partial charge in [0, 0.05) is 19.2 Å². The van der Waals surface area contributed by atoms with E-state index in [1.807, 2.05) is 0 Å². The van der Waals surface area contributed by atoms with E-state index in [1.54, 1.807) is 6.92 Å². The van der Waals surface area contributed by atoms with Crippen molar-refractivity contribution >= 4 is 38.6 Å². The number of rotatable bonds is 6. The number of nitrogens with zero attached hydrogens (tertiary/aromatic N) is 1. The predicted octanol–water partition coefficient (Wildman–Crippen LogP) is 1.62. The minimum atomic E-state index is -3.82. The molecule has 18 heavy (non-hydrogen) atoms. The molecule has 1 atom stereocenters. The standard InChI is InChI=1S/C8H11ClN2O5S2/c1-5(4-16-2)10-18(14,15)7-3-6(11(12)13)8(9)17-7/h3,5,10H,4H2,1-2H3. The molecule has 102 valence electrons. The monoisotopic (exact) mass is 314 g/mol. The smallest absolute Gasteiger partial charge is 0.300 e. The molecule has 0 saturated heterocycles. The maximum absolute atomic E-state index is 11.9. The zero-order valence-electron chi connectivity index (χ0n) is 9.54. The number of halogens is 1. The Morgan fingerprint density at radius 2 is 2.28 bits per heavy atom. The summed E-state index contributed by atoms with van der Waals surface area (Å²) < 4.78 is 30.5. The van der Waals surface area contributed by atoms with Gasteiger partial charge in [-0.25, -0.2) is 13.1 Å². The van der Waals surface area contributed by atoms with Gasteiger partial charge in [0.1, 0.15) is 4.21 Å². The largest absolute Gasteiger partial charge is 0.383 e. The zero-order valence-corrected chi connectivity index (χ0v) is 11.9. The van der Waals surface area contributed by atoms with Gasteiger partial charge in [-0.15, -0.1) is 11.3 Å². The number of nitro groups is 1. The third-order valence-corrected chi connectivity index (χ3v) is 5.28. The van der Waals surface area contributed by atoms with Crippen LogP contribution in [0.1, 0.15) is 6.92 Å². The van der Waals surface area contributed by atoms with Crippen molar-refractivity contribution < 1.29 is 18.1 Å². The van der Waals surface area contributed by atoms with Gasteiger partial charge in [0.15, 0.2) is 4.34 Å². The first-order chi connectivity index (χ1) is 8.27. The highest BCUT2D eigenvalue weighted by Gasteiger charge is 2.26. The van der Waals surface area contributed by atoms with E-state index in [4.69, 9.17) is 16.3 Å². The second-order valence-electron chi connectivity index (χ2n) is 3.46. The molecule has 1 aromatic rings. The van der Waals surface area contributed by atoms with Crippen LogP contribution in [0.3, 0.4) is 0 Å². The van der Waals surface area contributed by atoms with E-state index in [1.165, 1.54) is 7.11 Å². The molecule has 0 aliphatic heterocycles. The van der Waals surface area contributed by atoms with E-state index in [-0.39, 0.29) is 15.2 Å². The zero-order chi connectivity index (χ0) is 13.9. The third kappa shape index (κ3) is 3.62. The third-order valence-electron chi connectivity index (χ3n) is 1.88. The van der Waals surface area contributed by atoms with Crippen molar-refractivity contribution in [2.75, 3.05) is 13.7 Å². The van der Waals surface area contributed by atoms with Crippen LogP contribution in [0.4, 0.5) is 5.69 Å². The molecule has 0 radical (unpaired) electrons. The van der Waals surface area contributed by atoms with Crippen molar-refractivity contribution in [2.45, 2.75) is 17.2 Å². The van der Waals surface area contributed by atoms with Gasteiger partial charge in [-0.1, -0.05) is 11.6 Å². The van der Waals surface area contributed by atoms with Crippen LogP contribution in [-0.4, -0.2) is 33.1 Å². The van der Waals surface area contributed by atoms with E-state index >= 15 is 0 Å². The normalized spacial score (nSPS) is 13.5. The van der Waals surface area contributed by atoms with Crippen molar-refractivity contribution in [3.63, 3.8) is 0 Å². The molecule has 0 amide bonds. The Bertz CT molecular complexity index is 542. The lowest BCUT2D eigenvalue weighted by atomic mass is 10.4. The Morgan fingerprint density at radius 1 is 1.67 bits per heavy atom. The van der Waals surface area contributed by atoms with Crippen LogP contribution in [0, 0.1) is 10.1 Å². The average Bonchev–Trinajstić information content (AvgIpc) is 2.60. The van der Waals surface area contributed by atoms with Gasteiger partial charge in [-0.05, 0) is 6.92 Å². The molecule has 0 spiro atoms. The van der Waals surface area contributed by atoms with Gasteiger partial charge in [0.2, 0.25) is 0 Å². The summed E-state index contributed by atoms with van der Waals surface area (Å²) in [4.78, 5) is 9.85. The van der Waals surface area contributed by atoms with Gasteiger partial charge < -0.3 is 4.74 Å². The summed E-state index contributed by atoms with van der Waals surface area (Å²) in [6.45, 7) is 1.81. The number of hydrogen-bond donors (Lipinski definition) is 1. The van der Waals surface area contributed by atoms with Gasteiger partial charge in [0.25, 0.3) is 15.7 Å². The number of thiophene rings is 1. The van der Waals surface area contributed by atoms with E-state index in [9.17, 15) is 18.5 Å². The number of methoxy groups -OCH3 is 1. The Labute approximate surface area is 113 Å². The Balaban J connectivity index is 2.99. The van der Waals surface area contributed by atoms with Crippen molar-refractivity contribution in [2.24, 2.45) is 0 Å². The molecule has 1 heterocycles. The van der Waals surface area contributed by atoms with Crippen molar-refractivity contribution in [1.29, 1.82) is 0 Å². The molecule has 0 aromatic carbocycles. The van der Waals surface area contributed by atoms with Crippen LogP contribution in [0.25, 0.3) is 0 Å². The second-order valence-corrected chi connectivity index (χ2v) is 7.05. The molecule has 1 unspecified atom stereocenters. The summed E-state index contributed by atoms with van der Waals surface area (Å²) in [5, 5.41) is 10.6. The number of nitrogens with one attached hydrogen (secondary N) is 1. The first kappa shape index (κ1) is 15.3. The fraction of sp³-hybridized carbons (Fsp3) is 0.500. The van der Waals surface area contributed by atoms with Crippen molar-refractivity contribution in [3.8, 4) is 0 Å².